The maximum absolute atomic E-state index is 3.50. The van der Waals surface area contributed by atoms with Gasteiger partial charge < -0.3 is 0 Å². The Morgan fingerprint density at radius 3 is 2.03 bits per heavy atom. The molecule has 140 valence electrons. The third kappa shape index (κ3) is 3.96. The number of benzene rings is 4. The zero-order valence-electron chi connectivity index (χ0n) is 15.8. The smallest absolute Gasteiger partial charge is 0.0528 e. The molecule has 1 heterocycles. The van der Waals surface area contributed by atoms with E-state index in [1.54, 1.807) is 0 Å². The van der Waals surface area contributed by atoms with E-state index in [4.69, 9.17) is 0 Å². The van der Waals surface area contributed by atoms with E-state index in [0.717, 1.165) is 4.47 Å². The van der Waals surface area contributed by atoms with Crippen LogP contribution in [0.15, 0.2) is 113 Å². The Kier molecular flexibility index (Phi) is 5.13. The summed E-state index contributed by atoms with van der Waals surface area (Å²) in [6, 6.07) is 34.8. The van der Waals surface area contributed by atoms with Crippen molar-refractivity contribution in [2.45, 2.75) is 10.1 Å². The fraction of sp³-hybridized carbons (Fsp3) is 0.0370. The van der Waals surface area contributed by atoms with Crippen LogP contribution in [0.5, 0.6) is 0 Å². The topological polar surface area (TPSA) is 0 Å². The molecule has 1 atom stereocenters. The molecular formula is C27H19BrS. The van der Waals surface area contributed by atoms with Crippen LogP contribution in [0.4, 0.5) is 0 Å². The molecule has 0 saturated carbocycles. The highest BCUT2D eigenvalue weighted by Gasteiger charge is 2.16. The Labute approximate surface area is 184 Å². The van der Waals surface area contributed by atoms with Crippen LogP contribution >= 0.6 is 27.7 Å². The van der Waals surface area contributed by atoms with Gasteiger partial charge in [0, 0.05) is 9.37 Å². The molecule has 0 spiro atoms. The lowest BCUT2D eigenvalue weighted by molar-refractivity contribution is 1.21. The Morgan fingerprint density at radius 2 is 1.28 bits per heavy atom. The summed E-state index contributed by atoms with van der Waals surface area (Å²) in [6.45, 7) is 0. The SMILES string of the molecule is Brc1ccc(-c2ccc(-c3cccc(C4C=Cc5ccccc5S4)c3)cc2)cc1. The van der Waals surface area contributed by atoms with E-state index in [1.807, 2.05) is 11.8 Å². The van der Waals surface area contributed by atoms with Crippen molar-refractivity contribution in [2.24, 2.45) is 0 Å². The Hall–Kier alpha value is -2.55. The van der Waals surface area contributed by atoms with E-state index in [2.05, 4.69) is 125 Å². The summed E-state index contributed by atoms with van der Waals surface area (Å²) in [5, 5.41) is 0.354. The fourth-order valence-corrected chi connectivity index (χ4v) is 5.07. The molecule has 1 aliphatic rings. The van der Waals surface area contributed by atoms with Crippen molar-refractivity contribution in [3.63, 3.8) is 0 Å². The van der Waals surface area contributed by atoms with Crippen LogP contribution in [0, 0.1) is 0 Å². The van der Waals surface area contributed by atoms with E-state index >= 15 is 0 Å². The molecule has 0 nitrogen and oxygen atoms in total. The lowest BCUT2D eigenvalue weighted by Crippen LogP contribution is -1.96. The highest BCUT2D eigenvalue weighted by atomic mass is 79.9. The molecule has 0 fully saturated rings. The largest absolute Gasteiger partial charge is 0.113 e. The summed E-state index contributed by atoms with van der Waals surface area (Å²) in [4.78, 5) is 1.35. The number of hydrogen-bond acceptors (Lipinski definition) is 1. The van der Waals surface area contributed by atoms with E-state index in [-0.39, 0.29) is 0 Å². The molecule has 4 aromatic carbocycles. The average Bonchev–Trinajstić information content (AvgIpc) is 2.79. The first kappa shape index (κ1) is 18.5. The Morgan fingerprint density at radius 1 is 0.621 bits per heavy atom. The molecule has 0 aromatic heterocycles. The molecule has 0 bridgehead atoms. The van der Waals surface area contributed by atoms with Gasteiger partial charge in [-0.05, 0) is 57.6 Å². The number of hydrogen-bond donors (Lipinski definition) is 0. The van der Waals surface area contributed by atoms with Crippen LogP contribution in [-0.4, -0.2) is 0 Å². The van der Waals surface area contributed by atoms with Crippen LogP contribution in [0.25, 0.3) is 28.3 Å². The van der Waals surface area contributed by atoms with Gasteiger partial charge in [-0.3, -0.25) is 0 Å². The summed E-state index contributed by atoms with van der Waals surface area (Å²) in [6.07, 6.45) is 4.55. The summed E-state index contributed by atoms with van der Waals surface area (Å²) < 4.78 is 1.10. The first-order valence-electron chi connectivity index (χ1n) is 9.66. The molecule has 0 saturated heterocycles. The minimum absolute atomic E-state index is 0.354. The van der Waals surface area contributed by atoms with Crippen molar-refractivity contribution >= 4 is 33.8 Å². The zero-order valence-corrected chi connectivity index (χ0v) is 18.2. The number of halogens is 1. The summed E-state index contributed by atoms with van der Waals surface area (Å²) in [7, 11) is 0. The van der Waals surface area contributed by atoms with Gasteiger partial charge in [0.25, 0.3) is 0 Å². The first-order chi connectivity index (χ1) is 14.3. The summed E-state index contributed by atoms with van der Waals surface area (Å²) in [5.74, 6) is 0. The maximum atomic E-state index is 3.50. The molecule has 0 aliphatic carbocycles. The molecule has 1 aliphatic heterocycles. The van der Waals surface area contributed by atoms with Crippen LogP contribution in [0.2, 0.25) is 0 Å². The van der Waals surface area contributed by atoms with E-state index < -0.39 is 0 Å². The van der Waals surface area contributed by atoms with Gasteiger partial charge in [-0.25, -0.2) is 0 Å². The van der Waals surface area contributed by atoms with Crippen molar-refractivity contribution in [1.29, 1.82) is 0 Å². The van der Waals surface area contributed by atoms with Crippen molar-refractivity contribution in [3.8, 4) is 22.3 Å². The lowest BCUT2D eigenvalue weighted by Gasteiger charge is -2.20. The van der Waals surface area contributed by atoms with Crippen molar-refractivity contribution in [2.75, 3.05) is 0 Å². The van der Waals surface area contributed by atoms with Crippen LogP contribution in [0.3, 0.4) is 0 Å². The van der Waals surface area contributed by atoms with Gasteiger partial charge in [-0.15, -0.1) is 11.8 Å². The van der Waals surface area contributed by atoms with Gasteiger partial charge in [0.15, 0.2) is 0 Å². The number of fused-ring (bicyclic) bond motifs is 1. The molecule has 0 amide bonds. The van der Waals surface area contributed by atoms with E-state index in [9.17, 15) is 0 Å². The van der Waals surface area contributed by atoms with Gasteiger partial charge in [-0.1, -0.05) is 101 Å². The van der Waals surface area contributed by atoms with Gasteiger partial charge in [-0.2, -0.15) is 0 Å². The number of rotatable bonds is 3. The minimum Gasteiger partial charge on any atom is -0.113 e. The highest BCUT2D eigenvalue weighted by molar-refractivity contribution is 9.10. The third-order valence-electron chi connectivity index (χ3n) is 5.23. The van der Waals surface area contributed by atoms with Gasteiger partial charge in [0.2, 0.25) is 0 Å². The van der Waals surface area contributed by atoms with Crippen molar-refractivity contribution in [3.05, 3.63) is 119 Å². The summed E-state index contributed by atoms with van der Waals surface area (Å²) in [5.41, 5.74) is 7.63. The van der Waals surface area contributed by atoms with Crippen LogP contribution < -0.4 is 0 Å². The molecule has 4 aromatic rings. The van der Waals surface area contributed by atoms with Gasteiger partial charge >= 0.3 is 0 Å². The van der Waals surface area contributed by atoms with Crippen LogP contribution in [0.1, 0.15) is 16.4 Å². The lowest BCUT2D eigenvalue weighted by atomic mass is 9.98. The zero-order chi connectivity index (χ0) is 19.6. The van der Waals surface area contributed by atoms with Crippen molar-refractivity contribution < 1.29 is 0 Å². The first-order valence-corrected chi connectivity index (χ1v) is 11.3. The Bertz CT molecular complexity index is 1170. The normalized spacial score (nSPS) is 15.1. The Balaban J connectivity index is 1.41. The molecule has 2 heteroatoms. The second-order valence-corrected chi connectivity index (χ2v) is 9.24. The van der Waals surface area contributed by atoms with Gasteiger partial charge in [0.1, 0.15) is 0 Å². The van der Waals surface area contributed by atoms with Gasteiger partial charge in [0.05, 0.1) is 5.25 Å². The second-order valence-electron chi connectivity index (χ2n) is 7.15. The standard InChI is InChI=1S/C27H19BrS/c28-25-15-12-20(13-16-25)19-8-10-21(11-9-19)23-5-3-6-24(18-23)27-17-14-22-4-1-2-7-26(22)29-27/h1-18,27H. The highest BCUT2D eigenvalue weighted by Crippen LogP contribution is 2.43. The molecule has 5 rings (SSSR count). The predicted octanol–water partition coefficient (Wildman–Crippen LogP) is 8.64. The molecular weight excluding hydrogens is 436 g/mol. The molecule has 1 unspecified atom stereocenters. The monoisotopic (exact) mass is 454 g/mol. The number of thioether (sulfide) groups is 1. The van der Waals surface area contributed by atoms with E-state index in [1.165, 1.54) is 38.3 Å². The minimum atomic E-state index is 0.354. The predicted molar refractivity (Wildman–Crippen MR) is 129 cm³/mol. The third-order valence-corrected chi connectivity index (χ3v) is 7.07. The average molecular weight is 455 g/mol. The summed E-state index contributed by atoms with van der Waals surface area (Å²) >= 11 is 5.43. The fourth-order valence-electron chi connectivity index (χ4n) is 3.66. The second kappa shape index (κ2) is 8.06. The molecule has 0 radical (unpaired) electrons. The maximum Gasteiger partial charge on any atom is 0.0528 e. The van der Waals surface area contributed by atoms with Crippen molar-refractivity contribution in [1.82, 2.24) is 0 Å². The molecule has 0 N–H and O–H groups in total. The van der Waals surface area contributed by atoms with E-state index in [0.29, 0.717) is 5.25 Å². The quantitative estimate of drug-likeness (QED) is 0.298. The van der Waals surface area contributed by atoms with Crippen LogP contribution in [-0.2, 0) is 0 Å². The molecule has 29 heavy (non-hydrogen) atoms.